The summed E-state index contributed by atoms with van der Waals surface area (Å²) in [4.78, 5) is 16.2. The van der Waals surface area contributed by atoms with Crippen LogP contribution in [0.2, 0.25) is 5.02 Å². The molecule has 196 valence electrons. The maximum Gasteiger partial charge on any atom is 0.158 e. The highest BCUT2D eigenvalue weighted by atomic mass is 35.5. The fourth-order valence-corrected chi connectivity index (χ4v) is 7.10. The molecule has 1 aliphatic carbocycles. The number of piperidine rings is 1. The van der Waals surface area contributed by atoms with E-state index in [2.05, 4.69) is 48.8 Å². The fourth-order valence-electron chi connectivity index (χ4n) is 5.14. The number of nitrogens with two attached hydrogens (primary N) is 2. The summed E-state index contributed by atoms with van der Waals surface area (Å²) in [7, 11) is 0. The normalized spacial score (nSPS) is 19.7. The summed E-state index contributed by atoms with van der Waals surface area (Å²) in [5.74, 6) is 1.38. The molecular weight excluding hydrogens is 526 g/mol. The highest BCUT2D eigenvalue weighted by Gasteiger charge is 2.50. The second kappa shape index (κ2) is 10.1. The Hall–Kier alpha value is -2.24. The third-order valence-corrected chi connectivity index (χ3v) is 10.4. The monoisotopic (exact) mass is 557 g/mol. The predicted octanol–water partition coefficient (Wildman–Crippen LogP) is 4.78. The van der Waals surface area contributed by atoms with E-state index in [0.717, 1.165) is 43.1 Å². The number of nitrogen functional groups attached to an aromatic ring is 2. The molecule has 0 unspecified atom stereocenters. The molecule has 2 aromatic heterocycles. The molecule has 1 aliphatic heterocycles. The first kappa shape index (κ1) is 26.4. The van der Waals surface area contributed by atoms with Crippen LogP contribution < -0.4 is 21.1 Å². The zero-order valence-electron chi connectivity index (χ0n) is 21.2. The molecule has 3 aromatic rings. The molecule has 0 radical (unpaired) electrons. The predicted molar refractivity (Wildman–Crippen MR) is 152 cm³/mol. The van der Waals surface area contributed by atoms with Gasteiger partial charge in [-0.2, -0.15) is 0 Å². The molecule has 1 aromatic carbocycles. The number of nitrogens with one attached hydrogen (secondary N) is 1. The van der Waals surface area contributed by atoms with Gasteiger partial charge in [0, 0.05) is 41.0 Å². The van der Waals surface area contributed by atoms with Gasteiger partial charge >= 0.3 is 0 Å². The first-order valence-corrected chi connectivity index (χ1v) is 14.6. The topological polar surface area (TPSA) is 129 Å². The van der Waals surface area contributed by atoms with Crippen molar-refractivity contribution in [1.82, 2.24) is 19.7 Å². The van der Waals surface area contributed by atoms with E-state index < -0.39 is 11.4 Å². The number of hydrogen-bond acceptors (Lipinski definition) is 9. The van der Waals surface area contributed by atoms with Gasteiger partial charge in [-0.05, 0) is 57.2 Å². The molecule has 37 heavy (non-hydrogen) atoms. The standard InChI is InChI=1S/C26H32ClN7OS2/c1-25(2,3)37(35)33-21-17-7-5-4-6-16(17)14-26(21)9-12-34(13-10-26)19-15-31-24(23(29)32-19)36-18-8-11-30-22(28)20(18)27/h4-8,11,15,21,33H,9-10,12-14H2,1-3H3,(H2,28,30)(H2,29,32)/t21-,37-/m1/s1. The van der Waals surface area contributed by atoms with Crippen LogP contribution in [-0.2, 0) is 17.8 Å². The quantitative estimate of drug-likeness (QED) is 0.379. The lowest BCUT2D eigenvalue weighted by Crippen LogP contribution is -2.49. The Morgan fingerprint density at radius 2 is 1.86 bits per heavy atom. The summed E-state index contributed by atoms with van der Waals surface area (Å²) in [5.41, 5.74) is 14.7. The smallest absolute Gasteiger partial charge is 0.158 e. The van der Waals surface area contributed by atoms with Crippen LogP contribution in [0, 0.1) is 5.41 Å². The number of nitrogens with zero attached hydrogens (tertiary/aromatic N) is 4. The van der Waals surface area contributed by atoms with Gasteiger partial charge in [0.15, 0.2) is 5.82 Å². The summed E-state index contributed by atoms with van der Waals surface area (Å²) in [6, 6.07) is 10.4. The van der Waals surface area contributed by atoms with Crippen LogP contribution in [0.1, 0.15) is 50.8 Å². The lowest BCUT2D eigenvalue weighted by molar-refractivity contribution is 0.176. The molecule has 1 spiro atoms. The number of benzene rings is 1. The van der Waals surface area contributed by atoms with Gasteiger partial charge in [0.25, 0.3) is 0 Å². The van der Waals surface area contributed by atoms with Crippen LogP contribution in [-0.4, -0.2) is 37.3 Å². The zero-order valence-corrected chi connectivity index (χ0v) is 23.6. The van der Waals surface area contributed by atoms with Crippen LogP contribution >= 0.6 is 23.4 Å². The average molecular weight is 558 g/mol. The molecule has 1 saturated heterocycles. The Labute approximate surface area is 230 Å². The molecule has 11 heteroatoms. The minimum Gasteiger partial charge on any atom is -0.598 e. The highest BCUT2D eigenvalue weighted by Crippen LogP contribution is 2.53. The third-order valence-electron chi connectivity index (χ3n) is 7.22. The minimum atomic E-state index is -1.16. The minimum absolute atomic E-state index is 0.00782. The Morgan fingerprint density at radius 1 is 1.14 bits per heavy atom. The van der Waals surface area contributed by atoms with Gasteiger partial charge in [-0.3, -0.25) is 0 Å². The number of fused-ring (bicyclic) bond motifs is 1. The molecule has 2 aliphatic rings. The Kier molecular flexibility index (Phi) is 7.23. The van der Waals surface area contributed by atoms with Crippen LogP contribution in [0.3, 0.4) is 0 Å². The van der Waals surface area contributed by atoms with Crippen molar-refractivity contribution in [2.75, 3.05) is 29.5 Å². The molecule has 5 rings (SSSR count). The van der Waals surface area contributed by atoms with Crippen molar-refractivity contribution in [3.8, 4) is 0 Å². The van der Waals surface area contributed by atoms with E-state index in [4.69, 9.17) is 23.1 Å². The molecule has 3 heterocycles. The Morgan fingerprint density at radius 3 is 2.57 bits per heavy atom. The summed E-state index contributed by atoms with van der Waals surface area (Å²) in [6.45, 7) is 7.67. The first-order valence-electron chi connectivity index (χ1n) is 12.3. The molecule has 1 fully saturated rings. The molecule has 0 saturated carbocycles. The largest absolute Gasteiger partial charge is 0.598 e. The highest BCUT2D eigenvalue weighted by molar-refractivity contribution is 7.99. The number of halogens is 1. The molecule has 0 bridgehead atoms. The van der Waals surface area contributed by atoms with Crippen molar-refractivity contribution in [3.63, 3.8) is 0 Å². The third kappa shape index (κ3) is 5.22. The van der Waals surface area contributed by atoms with Gasteiger partial charge in [0.2, 0.25) is 0 Å². The number of rotatable bonds is 5. The zero-order chi connectivity index (χ0) is 26.4. The van der Waals surface area contributed by atoms with Gasteiger partial charge in [0.05, 0.1) is 17.3 Å². The molecule has 5 N–H and O–H groups in total. The van der Waals surface area contributed by atoms with Crippen LogP contribution in [0.5, 0.6) is 0 Å². The van der Waals surface area contributed by atoms with Crippen molar-refractivity contribution >= 4 is 52.2 Å². The van der Waals surface area contributed by atoms with E-state index in [1.165, 1.54) is 22.9 Å². The summed E-state index contributed by atoms with van der Waals surface area (Å²) in [6.07, 6.45) is 6.25. The van der Waals surface area contributed by atoms with Gasteiger partial charge in [-0.15, -0.1) is 4.72 Å². The second-order valence-electron chi connectivity index (χ2n) is 10.7. The number of pyridine rings is 1. The van der Waals surface area contributed by atoms with Crippen LogP contribution in [0.25, 0.3) is 0 Å². The Bertz CT molecular complexity index is 1290. The van der Waals surface area contributed by atoms with E-state index in [1.807, 2.05) is 20.8 Å². The van der Waals surface area contributed by atoms with Gasteiger partial charge in [0.1, 0.15) is 21.4 Å². The lowest BCUT2D eigenvalue weighted by atomic mass is 9.73. The molecule has 8 nitrogen and oxygen atoms in total. The first-order chi connectivity index (χ1) is 17.6. The Balaban J connectivity index is 1.32. The van der Waals surface area contributed by atoms with E-state index in [1.54, 1.807) is 18.5 Å². The van der Waals surface area contributed by atoms with Crippen LogP contribution in [0.4, 0.5) is 17.5 Å². The average Bonchev–Trinajstić information content (AvgIpc) is 3.15. The van der Waals surface area contributed by atoms with E-state index in [9.17, 15) is 4.55 Å². The van der Waals surface area contributed by atoms with Crippen molar-refractivity contribution in [2.24, 2.45) is 5.41 Å². The van der Waals surface area contributed by atoms with Crippen molar-refractivity contribution in [3.05, 3.63) is 58.9 Å². The van der Waals surface area contributed by atoms with E-state index in [-0.39, 0.29) is 22.0 Å². The molecular formula is C26H32ClN7OS2. The number of aromatic nitrogens is 3. The van der Waals surface area contributed by atoms with E-state index >= 15 is 0 Å². The summed E-state index contributed by atoms with van der Waals surface area (Å²) >= 11 is 6.44. The molecule has 0 amide bonds. The maximum atomic E-state index is 13.1. The van der Waals surface area contributed by atoms with Gasteiger partial charge < -0.3 is 20.9 Å². The van der Waals surface area contributed by atoms with Crippen molar-refractivity contribution < 1.29 is 4.55 Å². The summed E-state index contributed by atoms with van der Waals surface area (Å²) in [5, 5.41) is 0.956. The van der Waals surface area contributed by atoms with Crippen molar-refractivity contribution in [1.29, 1.82) is 0 Å². The lowest BCUT2D eigenvalue weighted by Gasteiger charge is -2.44. The summed E-state index contributed by atoms with van der Waals surface area (Å²) < 4.78 is 16.3. The van der Waals surface area contributed by atoms with Crippen molar-refractivity contribution in [2.45, 2.75) is 60.7 Å². The maximum absolute atomic E-state index is 13.1. The second-order valence-corrected chi connectivity index (χ2v) is 14.1. The van der Waals surface area contributed by atoms with Crippen LogP contribution in [0.15, 0.2) is 52.6 Å². The molecule has 2 atom stereocenters. The van der Waals surface area contributed by atoms with Gasteiger partial charge in [-0.25, -0.2) is 15.0 Å². The number of anilines is 3. The van der Waals surface area contributed by atoms with E-state index in [0.29, 0.717) is 15.9 Å². The fraction of sp³-hybridized carbons (Fsp3) is 0.423. The van der Waals surface area contributed by atoms with Gasteiger partial charge in [-0.1, -0.05) is 47.6 Å². The number of hydrogen-bond donors (Lipinski definition) is 3. The SMILES string of the molecule is CC(C)(C)[S@@+]([O-])N[C@@H]1c2ccccc2CC12CCN(c1cnc(Sc3ccnc(N)c3Cl)c(N)n1)CC2.